The van der Waals surface area contributed by atoms with E-state index in [-0.39, 0.29) is 5.82 Å². The van der Waals surface area contributed by atoms with E-state index in [0.29, 0.717) is 5.69 Å². The van der Waals surface area contributed by atoms with Crippen molar-refractivity contribution in [2.45, 2.75) is 0 Å². The number of piperazine rings is 1. The first-order chi connectivity index (χ1) is 9.74. The summed E-state index contributed by atoms with van der Waals surface area (Å²) in [5, 5.41) is 0. The van der Waals surface area contributed by atoms with E-state index in [9.17, 15) is 4.39 Å². The highest BCUT2D eigenvalue weighted by Crippen LogP contribution is 2.22. The van der Waals surface area contributed by atoms with Gasteiger partial charge in [-0.1, -0.05) is 0 Å². The molecule has 0 unspecified atom stereocenters. The Kier molecular flexibility index (Phi) is 3.37. The first-order valence-corrected chi connectivity index (χ1v) is 6.55. The van der Waals surface area contributed by atoms with E-state index in [0.717, 1.165) is 37.7 Å². The van der Waals surface area contributed by atoms with Gasteiger partial charge in [0.05, 0.1) is 11.9 Å². The Bertz CT molecular complexity index is 578. The quantitative estimate of drug-likeness (QED) is 0.899. The molecule has 6 heteroatoms. The number of hydrogen-bond acceptors (Lipinski definition) is 5. The SMILES string of the molecule is Nc1cncnc1N1CCN(c2ccc(F)cc2)CC1. The summed E-state index contributed by atoms with van der Waals surface area (Å²) in [4.78, 5) is 12.5. The monoisotopic (exact) mass is 273 g/mol. The molecule has 1 aliphatic heterocycles. The lowest BCUT2D eigenvalue weighted by molar-refractivity contribution is 0.624. The summed E-state index contributed by atoms with van der Waals surface area (Å²) in [6.07, 6.45) is 3.13. The highest BCUT2D eigenvalue weighted by molar-refractivity contribution is 5.62. The second-order valence-corrected chi connectivity index (χ2v) is 4.75. The summed E-state index contributed by atoms with van der Waals surface area (Å²) in [6, 6.07) is 6.60. The lowest BCUT2D eigenvalue weighted by Crippen LogP contribution is -2.47. The first kappa shape index (κ1) is 12.7. The summed E-state index contributed by atoms with van der Waals surface area (Å²) in [7, 11) is 0. The minimum atomic E-state index is -0.207. The zero-order valence-corrected chi connectivity index (χ0v) is 11.0. The van der Waals surface area contributed by atoms with Gasteiger partial charge in [-0.2, -0.15) is 0 Å². The Labute approximate surface area is 116 Å². The van der Waals surface area contributed by atoms with Crippen molar-refractivity contribution < 1.29 is 4.39 Å². The van der Waals surface area contributed by atoms with Crippen LogP contribution in [0.5, 0.6) is 0 Å². The van der Waals surface area contributed by atoms with Crippen LogP contribution in [0.1, 0.15) is 0 Å². The zero-order chi connectivity index (χ0) is 13.9. The normalized spacial score (nSPS) is 15.4. The Balaban J connectivity index is 1.68. The minimum Gasteiger partial charge on any atom is -0.394 e. The fourth-order valence-corrected chi connectivity index (χ4v) is 2.43. The fourth-order valence-electron chi connectivity index (χ4n) is 2.43. The zero-order valence-electron chi connectivity index (χ0n) is 11.0. The molecule has 1 aromatic heterocycles. The lowest BCUT2D eigenvalue weighted by atomic mass is 10.2. The van der Waals surface area contributed by atoms with E-state index in [2.05, 4.69) is 19.8 Å². The molecular formula is C14H16FN5. The molecule has 0 saturated carbocycles. The van der Waals surface area contributed by atoms with E-state index in [1.54, 1.807) is 6.20 Å². The second-order valence-electron chi connectivity index (χ2n) is 4.75. The molecule has 2 heterocycles. The second kappa shape index (κ2) is 5.32. The van der Waals surface area contributed by atoms with Gasteiger partial charge in [-0.15, -0.1) is 0 Å². The van der Waals surface area contributed by atoms with Crippen LogP contribution in [0.25, 0.3) is 0 Å². The van der Waals surface area contributed by atoms with E-state index >= 15 is 0 Å². The molecule has 1 aliphatic rings. The van der Waals surface area contributed by atoms with Crippen molar-refractivity contribution in [3.05, 3.63) is 42.6 Å². The van der Waals surface area contributed by atoms with Crippen molar-refractivity contribution in [1.82, 2.24) is 9.97 Å². The number of halogens is 1. The largest absolute Gasteiger partial charge is 0.394 e. The molecular weight excluding hydrogens is 257 g/mol. The summed E-state index contributed by atoms with van der Waals surface area (Å²) in [6.45, 7) is 3.38. The molecule has 3 rings (SSSR count). The van der Waals surface area contributed by atoms with E-state index in [1.165, 1.54) is 18.5 Å². The van der Waals surface area contributed by atoms with Crippen LogP contribution in [0.4, 0.5) is 21.6 Å². The molecule has 2 aromatic rings. The van der Waals surface area contributed by atoms with Crippen LogP contribution in [-0.4, -0.2) is 36.1 Å². The molecule has 5 nitrogen and oxygen atoms in total. The average Bonchev–Trinajstić information content (AvgIpc) is 2.49. The maximum atomic E-state index is 12.9. The van der Waals surface area contributed by atoms with E-state index in [4.69, 9.17) is 5.73 Å². The number of benzene rings is 1. The van der Waals surface area contributed by atoms with Gasteiger partial charge in [0.1, 0.15) is 12.1 Å². The molecule has 1 saturated heterocycles. The van der Waals surface area contributed by atoms with Crippen LogP contribution in [0.2, 0.25) is 0 Å². The summed E-state index contributed by atoms with van der Waals surface area (Å²) < 4.78 is 12.9. The van der Waals surface area contributed by atoms with Gasteiger partial charge in [0.15, 0.2) is 5.82 Å². The number of anilines is 3. The van der Waals surface area contributed by atoms with Crippen molar-refractivity contribution in [2.75, 3.05) is 41.7 Å². The molecule has 0 amide bonds. The van der Waals surface area contributed by atoms with Crippen molar-refractivity contribution in [2.24, 2.45) is 0 Å². The predicted molar refractivity (Wildman–Crippen MR) is 77.3 cm³/mol. The Hall–Kier alpha value is -2.37. The Morgan fingerprint density at radius 3 is 2.30 bits per heavy atom. The molecule has 1 aromatic carbocycles. The molecule has 0 spiro atoms. The number of nitrogens with two attached hydrogens (primary N) is 1. The van der Waals surface area contributed by atoms with Gasteiger partial charge in [0.2, 0.25) is 0 Å². The maximum absolute atomic E-state index is 12.9. The molecule has 0 atom stereocenters. The van der Waals surface area contributed by atoms with Crippen LogP contribution >= 0.6 is 0 Å². The number of rotatable bonds is 2. The highest BCUT2D eigenvalue weighted by Gasteiger charge is 2.19. The van der Waals surface area contributed by atoms with Gasteiger partial charge < -0.3 is 15.5 Å². The lowest BCUT2D eigenvalue weighted by Gasteiger charge is -2.37. The van der Waals surface area contributed by atoms with Crippen LogP contribution in [0.15, 0.2) is 36.8 Å². The summed E-state index contributed by atoms with van der Waals surface area (Å²) >= 11 is 0. The van der Waals surface area contributed by atoms with Crippen molar-refractivity contribution >= 4 is 17.2 Å². The van der Waals surface area contributed by atoms with Gasteiger partial charge in [-0.25, -0.2) is 14.4 Å². The molecule has 2 N–H and O–H groups in total. The number of nitrogen functional groups attached to an aromatic ring is 1. The van der Waals surface area contributed by atoms with Gasteiger partial charge in [-0.05, 0) is 24.3 Å². The van der Waals surface area contributed by atoms with Gasteiger partial charge in [0, 0.05) is 31.9 Å². The number of hydrogen-bond donors (Lipinski definition) is 1. The third-order valence-electron chi connectivity index (χ3n) is 3.49. The molecule has 0 radical (unpaired) electrons. The van der Waals surface area contributed by atoms with Gasteiger partial charge >= 0.3 is 0 Å². The molecule has 1 fully saturated rings. The van der Waals surface area contributed by atoms with Gasteiger partial charge in [-0.3, -0.25) is 0 Å². The van der Waals surface area contributed by atoms with Crippen molar-refractivity contribution in [3.8, 4) is 0 Å². The maximum Gasteiger partial charge on any atom is 0.155 e. The van der Waals surface area contributed by atoms with Crippen LogP contribution in [-0.2, 0) is 0 Å². The number of aromatic nitrogens is 2. The minimum absolute atomic E-state index is 0.207. The topological polar surface area (TPSA) is 58.3 Å². The smallest absolute Gasteiger partial charge is 0.155 e. The summed E-state index contributed by atoms with van der Waals surface area (Å²) in [5.41, 5.74) is 7.53. The Morgan fingerprint density at radius 2 is 1.65 bits per heavy atom. The van der Waals surface area contributed by atoms with Crippen molar-refractivity contribution in [3.63, 3.8) is 0 Å². The fraction of sp³-hybridized carbons (Fsp3) is 0.286. The standard InChI is InChI=1S/C14H16FN5/c15-11-1-3-12(4-2-11)19-5-7-20(8-6-19)14-13(16)9-17-10-18-14/h1-4,9-10H,5-8,16H2. The van der Waals surface area contributed by atoms with Crippen LogP contribution < -0.4 is 15.5 Å². The third-order valence-corrected chi connectivity index (χ3v) is 3.49. The molecule has 20 heavy (non-hydrogen) atoms. The highest BCUT2D eigenvalue weighted by atomic mass is 19.1. The molecule has 0 bridgehead atoms. The van der Waals surface area contributed by atoms with Crippen LogP contribution in [0, 0.1) is 5.82 Å². The van der Waals surface area contributed by atoms with E-state index in [1.807, 2.05) is 12.1 Å². The summed E-state index contributed by atoms with van der Waals surface area (Å²) in [5.74, 6) is 0.583. The first-order valence-electron chi connectivity index (χ1n) is 6.55. The van der Waals surface area contributed by atoms with Gasteiger partial charge in [0.25, 0.3) is 0 Å². The Morgan fingerprint density at radius 1 is 1.00 bits per heavy atom. The molecule has 104 valence electrons. The number of nitrogens with zero attached hydrogens (tertiary/aromatic N) is 4. The molecule has 0 aliphatic carbocycles. The predicted octanol–water partition coefficient (Wildman–Crippen LogP) is 1.52. The average molecular weight is 273 g/mol. The van der Waals surface area contributed by atoms with Crippen LogP contribution in [0.3, 0.4) is 0 Å². The van der Waals surface area contributed by atoms with E-state index < -0.39 is 0 Å². The van der Waals surface area contributed by atoms with Crippen molar-refractivity contribution in [1.29, 1.82) is 0 Å². The third kappa shape index (κ3) is 2.49.